The molecule has 1 spiro atoms. The molecule has 1 saturated heterocycles. The van der Waals surface area contributed by atoms with Crippen LogP contribution in [0, 0.1) is 11.8 Å². The van der Waals surface area contributed by atoms with Gasteiger partial charge in [-0.2, -0.15) is 0 Å². The number of para-hydroxylation sites is 1. The van der Waals surface area contributed by atoms with Crippen LogP contribution in [0.4, 0.5) is 5.69 Å². The molecule has 0 aromatic heterocycles. The molecule has 2 heterocycles. The number of fused-ring (bicyclic) bond motifs is 1. The van der Waals surface area contributed by atoms with Crippen LogP contribution in [0.1, 0.15) is 48.5 Å². The van der Waals surface area contributed by atoms with Gasteiger partial charge < -0.3 is 20.1 Å². The van der Waals surface area contributed by atoms with E-state index < -0.39 is 0 Å². The number of hydrogen-bond donors (Lipinski definition) is 2. The summed E-state index contributed by atoms with van der Waals surface area (Å²) in [6, 6.07) is 17.7. The second-order valence-corrected chi connectivity index (χ2v) is 9.61. The van der Waals surface area contributed by atoms with Gasteiger partial charge in [0.15, 0.2) is 0 Å². The van der Waals surface area contributed by atoms with Gasteiger partial charge in [-0.05, 0) is 61.4 Å². The number of carbonyl (C=O) groups is 2. The van der Waals surface area contributed by atoms with Crippen LogP contribution >= 0.6 is 0 Å². The van der Waals surface area contributed by atoms with E-state index in [1.165, 1.54) is 12.7 Å². The Hall–Kier alpha value is -3.12. The maximum atomic E-state index is 12.9. The average molecular weight is 461 g/mol. The van der Waals surface area contributed by atoms with Crippen LogP contribution < -0.4 is 10.6 Å². The third-order valence-electron chi connectivity index (χ3n) is 7.87. The molecular weight excluding hydrogens is 428 g/mol. The highest BCUT2D eigenvalue weighted by Crippen LogP contribution is 2.57. The molecule has 1 fully saturated rings. The zero-order valence-corrected chi connectivity index (χ0v) is 19.8. The summed E-state index contributed by atoms with van der Waals surface area (Å²) in [6.07, 6.45) is 3.35. The maximum Gasteiger partial charge on any atom is 0.338 e. The third-order valence-corrected chi connectivity index (χ3v) is 7.87. The molecule has 3 aliphatic rings. The van der Waals surface area contributed by atoms with Crippen LogP contribution in [-0.4, -0.2) is 38.2 Å². The number of methoxy groups -OCH3 is 1. The van der Waals surface area contributed by atoms with Gasteiger partial charge in [-0.1, -0.05) is 49.7 Å². The lowest BCUT2D eigenvalue weighted by Crippen LogP contribution is -2.50. The fourth-order valence-corrected chi connectivity index (χ4v) is 6.25. The lowest BCUT2D eigenvalue weighted by molar-refractivity contribution is -0.136. The Morgan fingerprint density at radius 2 is 1.85 bits per heavy atom. The van der Waals surface area contributed by atoms with Crippen molar-refractivity contribution >= 4 is 17.6 Å². The molecule has 0 saturated carbocycles. The molecule has 0 unspecified atom stereocenters. The van der Waals surface area contributed by atoms with Crippen LogP contribution in [0.25, 0.3) is 0 Å². The summed E-state index contributed by atoms with van der Waals surface area (Å²) in [5.74, 6) is -0.103. The molecule has 2 N–H and O–H groups in total. The van der Waals surface area contributed by atoms with Crippen molar-refractivity contribution < 1.29 is 19.1 Å². The molecule has 0 bridgehead atoms. The van der Waals surface area contributed by atoms with E-state index >= 15 is 0 Å². The van der Waals surface area contributed by atoms with Crippen LogP contribution in [0.15, 0.2) is 65.9 Å². The molecular formula is C28H32N2O4. The SMILES string of the molecule is CC[C@H](COC(=O)c1ccccc1)C[C@@H]1CC(C(=O)OC)=C2Nc3ccccc3[C@@]23CCN[C@@H]13. The zero-order valence-electron chi connectivity index (χ0n) is 19.8. The summed E-state index contributed by atoms with van der Waals surface area (Å²) in [4.78, 5) is 25.4. The first-order valence-electron chi connectivity index (χ1n) is 12.2. The van der Waals surface area contributed by atoms with Gasteiger partial charge in [0.05, 0.1) is 30.3 Å². The number of nitrogens with one attached hydrogen (secondary N) is 2. The zero-order chi connectivity index (χ0) is 23.7. The number of benzene rings is 2. The Labute approximate surface area is 200 Å². The Balaban J connectivity index is 1.41. The summed E-state index contributed by atoms with van der Waals surface area (Å²) in [6.45, 7) is 3.41. The number of esters is 2. The van der Waals surface area contributed by atoms with Crippen LogP contribution in [0.2, 0.25) is 0 Å². The second-order valence-electron chi connectivity index (χ2n) is 9.61. The quantitative estimate of drug-likeness (QED) is 0.596. The number of rotatable bonds is 7. The molecule has 2 aliphatic heterocycles. The van der Waals surface area contributed by atoms with E-state index in [1.54, 1.807) is 12.1 Å². The van der Waals surface area contributed by atoms with Crippen molar-refractivity contribution in [1.82, 2.24) is 5.32 Å². The van der Waals surface area contributed by atoms with Crippen molar-refractivity contribution in [1.29, 1.82) is 0 Å². The molecule has 34 heavy (non-hydrogen) atoms. The molecule has 6 heteroatoms. The van der Waals surface area contributed by atoms with Crippen molar-refractivity contribution in [3.8, 4) is 0 Å². The molecule has 4 atom stereocenters. The van der Waals surface area contributed by atoms with Crippen molar-refractivity contribution in [2.75, 3.05) is 25.6 Å². The summed E-state index contributed by atoms with van der Waals surface area (Å²) in [7, 11) is 1.45. The molecule has 0 radical (unpaired) electrons. The van der Waals surface area contributed by atoms with Crippen LogP contribution in [0.3, 0.4) is 0 Å². The van der Waals surface area contributed by atoms with E-state index in [4.69, 9.17) is 9.47 Å². The molecule has 1 aliphatic carbocycles. The summed E-state index contributed by atoms with van der Waals surface area (Å²) in [5.41, 5.74) is 4.42. The molecule has 0 amide bonds. The van der Waals surface area contributed by atoms with Gasteiger partial charge in [-0.15, -0.1) is 0 Å². The highest BCUT2D eigenvalue weighted by Gasteiger charge is 2.58. The Kier molecular flexibility index (Phi) is 6.17. The molecule has 5 rings (SSSR count). The smallest absolute Gasteiger partial charge is 0.338 e. The number of anilines is 1. The fourth-order valence-electron chi connectivity index (χ4n) is 6.25. The minimum absolute atomic E-state index is 0.210. The van der Waals surface area contributed by atoms with E-state index in [9.17, 15) is 9.59 Å². The van der Waals surface area contributed by atoms with Crippen molar-refractivity contribution in [3.63, 3.8) is 0 Å². The first-order valence-corrected chi connectivity index (χ1v) is 12.2. The highest BCUT2D eigenvalue weighted by atomic mass is 16.5. The number of carbonyl (C=O) groups excluding carboxylic acids is 2. The number of hydrogen-bond acceptors (Lipinski definition) is 6. The summed E-state index contributed by atoms with van der Waals surface area (Å²) in [5, 5.41) is 7.35. The van der Waals surface area contributed by atoms with E-state index in [1.807, 2.05) is 24.3 Å². The molecule has 6 nitrogen and oxygen atoms in total. The third kappa shape index (κ3) is 3.70. The summed E-state index contributed by atoms with van der Waals surface area (Å²) < 4.78 is 10.9. The van der Waals surface area contributed by atoms with Gasteiger partial charge in [0.1, 0.15) is 0 Å². The van der Waals surface area contributed by atoms with Gasteiger partial charge in [-0.25, -0.2) is 9.59 Å². The van der Waals surface area contributed by atoms with Gasteiger partial charge >= 0.3 is 11.9 Å². The Bertz CT molecular complexity index is 1110. The maximum absolute atomic E-state index is 12.9. The monoisotopic (exact) mass is 460 g/mol. The standard InChI is InChI=1S/C28H32N2O4/c1-3-18(17-34-26(31)19-9-5-4-6-10-19)15-20-16-21(27(32)33-2)25-28(13-14-29-24(20)28)22-11-7-8-12-23(22)30-25/h4-12,18,20,24,29-30H,3,13-17H2,1-2H3/t18-,20+,24-,28+/m0/s1. The first kappa shape index (κ1) is 22.7. The number of ether oxygens (including phenoxy) is 2. The Morgan fingerprint density at radius 3 is 2.62 bits per heavy atom. The van der Waals surface area contributed by atoms with Gasteiger partial charge in [0.25, 0.3) is 0 Å². The van der Waals surface area contributed by atoms with Gasteiger partial charge in [0, 0.05) is 17.4 Å². The highest BCUT2D eigenvalue weighted by molar-refractivity contribution is 5.93. The lowest BCUT2D eigenvalue weighted by atomic mass is 9.62. The van der Waals surface area contributed by atoms with E-state index in [-0.39, 0.29) is 35.2 Å². The minimum Gasteiger partial charge on any atom is -0.466 e. The molecule has 2 aromatic rings. The summed E-state index contributed by atoms with van der Waals surface area (Å²) >= 11 is 0. The fraction of sp³-hybridized carbons (Fsp3) is 0.429. The normalized spacial score (nSPS) is 25.6. The molecule has 2 aromatic carbocycles. The Morgan fingerprint density at radius 1 is 1.09 bits per heavy atom. The van der Waals surface area contributed by atoms with E-state index in [0.717, 1.165) is 42.8 Å². The van der Waals surface area contributed by atoms with Crippen molar-refractivity contribution in [2.24, 2.45) is 11.8 Å². The van der Waals surface area contributed by atoms with Crippen molar-refractivity contribution in [2.45, 2.75) is 44.1 Å². The lowest BCUT2D eigenvalue weighted by Gasteiger charge is -2.43. The predicted octanol–water partition coefficient (Wildman–Crippen LogP) is 4.43. The van der Waals surface area contributed by atoms with E-state index in [2.05, 4.69) is 35.8 Å². The minimum atomic E-state index is -0.287. The average Bonchev–Trinajstić information content (AvgIpc) is 3.47. The topological polar surface area (TPSA) is 76.7 Å². The van der Waals surface area contributed by atoms with Crippen LogP contribution in [0.5, 0.6) is 0 Å². The van der Waals surface area contributed by atoms with Gasteiger partial charge in [0.2, 0.25) is 0 Å². The molecule has 178 valence electrons. The predicted molar refractivity (Wildman–Crippen MR) is 130 cm³/mol. The second kappa shape index (κ2) is 9.26. The van der Waals surface area contributed by atoms with Crippen molar-refractivity contribution in [3.05, 3.63) is 77.0 Å². The largest absolute Gasteiger partial charge is 0.466 e. The van der Waals surface area contributed by atoms with Gasteiger partial charge in [-0.3, -0.25) is 0 Å². The first-order chi connectivity index (χ1) is 16.6. The van der Waals surface area contributed by atoms with Crippen LogP contribution in [-0.2, 0) is 19.7 Å². The van der Waals surface area contributed by atoms with E-state index in [0.29, 0.717) is 18.6 Å².